The van der Waals surface area contributed by atoms with Crippen LogP contribution < -0.4 is 0 Å². The third-order valence-electron chi connectivity index (χ3n) is 5.89. The van der Waals surface area contributed by atoms with E-state index in [4.69, 9.17) is 27.9 Å². The van der Waals surface area contributed by atoms with E-state index in [-0.39, 0.29) is 24.4 Å². The number of carbonyl (C=O) groups is 2. The van der Waals surface area contributed by atoms with Crippen LogP contribution in [0.4, 0.5) is 0 Å². The number of benzene rings is 2. The number of carboxylic acids is 1. The molecule has 1 aliphatic carbocycles. The average molecular weight is 448 g/mol. The van der Waals surface area contributed by atoms with Crippen molar-refractivity contribution in [3.8, 4) is 0 Å². The van der Waals surface area contributed by atoms with Gasteiger partial charge in [-0.15, -0.1) is 0 Å². The standard InChI is InChI=1S/C23H23Cl2NO4/c24-16-10-8-14(9-11-16)21-22(15-4-3-5-17(25)12-15)30-19(13-20(27)28)23(29)26(21)18-6-1-2-7-18/h3-5,8-12,18-19,21-22H,1-2,6-7,13H2,(H,27,28)/t19-,21+,22+/m0/s1. The molecule has 2 fully saturated rings. The molecule has 2 aromatic carbocycles. The molecular formula is C23H23Cl2NO4. The van der Waals surface area contributed by atoms with Crippen LogP contribution in [0.5, 0.6) is 0 Å². The number of amides is 1. The van der Waals surface area contributed by atoms with Crippen LogP contribution in [0.15, 0.2) is 48.5 Å². The molecule has 4 rings (SSSR count). The van der Waals surface area contributed by atoms with Gasteiger partial charge in [0.15, 0.2) is 0 Å². The van der Waals surface area contributed by atoms with E-state index in [0.717, 1.165) is 36.8 Å². The molecule has 3 atom stereocenters. The summed E-state index contributed by atoms with van der Waals surface area (Å²) in [5, 5.41) is 10.5. The molecule has 1 saturated carbocycles. The minimum atomic E-state index is -1.06. The first kappa shape index (κ1) is 21.2. The van der Waals surface area contributed by atoms with E-state index in [0.29, 0.717) is 10.0 Å². The van der Waals surface area contributed by atoms with Crippen LogP contribution in [0.1, 0.15) is 55.4 Å². The van der Waals surface area contributed by atoms with Crippen molar-refractivity contribution in [2.24, 2.45) is 0 Å². The van der Waals surface area contributed by atoms with Crippen LogP contribution in [0.25, 0.3) is 0 Å². The fraction of sp³-hybridized carbons (Fsp3) is 0.391. The Labute approximate surface area is 185 Å². The van der Waals surface area contributed by atoms with Gasteiger partial charge in [0.2, 0.25) is 0 Å². The molecule has 1 amide bonds. The van der Waals surface area contributed by atoms with Crippen molar-refractivity contribution in [2.75, 3.05) is 0 Å². The molecule has 1 aliphatic heterocycles. The fourth-order valence-electron chi connectivity index (χ4n) is 4.58. The average Bonchev–Trinajstić information content (AvgIpc) is 3.24. The monoisotopic (exact) mass is 447 g/mol. The zero-order valence-corrected chi connectivity index (χ0v) is 17.9. The van der Waals surface area contributed by atoms with E-state index in [1.165, 1.54) is 0 Å². The van der Waals surface area contributed by atoms with Gasteiger partial charge >= 0.3 is 5.97 Å². The molecule has 0 spiro atoms. The number of carbonyl (C=O) groups excluding carboxylic acids is 1. The summed E-state index contributed by atoms with van der Waals surface area (Å²) in [6.45, 7) is 0. The highest BCUT2D eigenvalue weighted by atomic mass is 35.5. The maximum absolute atomic E-state index is 13.4. The van der Waals surface area contributed by atoms with E-state index >= 15 is 0 Å². The molecule has 0 bridgehead atoms. The van der Waals surface area contributed by atoms with Crippen LogP contribution in [-0.4, -0.2) is 34.0 Å². The molecule has 2 aromatic rings. The molecule has 7 heteroatoms. The van der Waals surface area contributed by atoms with Gasteiger partial charge in [-0.2, -0.15) is 0 Å². The molecule has 158 valence electrons. The number of hydrogen-bond donors (Lipinski definition) is 1. The van der Waals surface area contributed by atoms with Gasteiger partial charge in [0, 0.05) is 16.1 Å². The zero-order chi connectivity index (χ0) is 21.3. The second-order valence-electron chi connectivity index (χ2n) is 7.88. The zero-order valence-electron chi connectivity index (χ0n) is 16.3. The Bertz CT molecular complexity index is 927. The summed E-state index contributed by atoms with van der Waals surface area (Å²) in [7, 11) is 0. The van der Waals surface area contributed by atoms with Crippen LogP contribution in [0.2, 0.25) is 10.0 Å². The topological polar surface area (TPSA) is 66.8 Å². The Morgan fingerprint density at radius 3 is 2.37 bits per heavy atom. The van der Waals surface area contributed by atoms with Crippen LogP contribution in [0, 0.1) is 0 Å². The third kappa shape index (κ3) is 4.34. The number of carboxylic acid groups (broad SMARTS) is 1. The van der Waals surface area contributed by atoms with Gasteiger partial charge in [-0.1, -0.05) is 60.3 Å². The number of halogens is 2. The third-order valence-corrected chi connectivity index (χ3v) is 6.38. The van der Waals surface area contributed by atoms with Gasteiger partial charge < -0.3 is 14.7 Å². The molecule has 1 heterocycles. The first-order chi connectivity index (χ1) is 14.4. The largest absolute Gasteiger partial charge is 0.481 e. The van der Waals surface area contributed by atoms with Gasteiger partial charge in [-0.3, -0.25) is 9.59 Å². The molecule has 30 heavy (non-hydrogen) atoms. The van der Waals surface area contributed by atoms with Gasteiger partial charge in [0.25, 0.3) is 5.91 Å². The number of hydrogen-bond acceptors (Lipinski definition) is 3. The number of morpholine rings is 1. The van der Waals surface area contributed by atoms with E-state index < -0.39 is 18.2 Å². The molecule has 5 nitrogen and oxygen atoms in total. The van der Waals surface area contributed by atoms with E-state index in [1.54, 1.807) is 18.2 Å². The first-order valence-corrected chi connectivity index (χ1v) is 10.9. The number of rotatable bonds is 5. The Kier molecular flexibility index (Phi) is 6.32. The Morgan fingerprint density at radius 1 is 1.03 bits per heavy atom. The first-order valence-electron chi connectivity index (χ1n) is 10.1. The molecule has 1 saturated heterocycles. The number of ether oxygens (including phenoxy) is 1. The maximum atomic E-state index is 13.4. The fourth-order valence-corrected chi connectivity index (χ4v) is 4.91. The SMILES string of the molecule is O=C(O)C[C@@H]1O[C@H](c2cccc(Cl)c2)[C@@H](c2ccc(Cl)cc2)N(C2CCCC2)C1=O. The van der Waals surface area contributed by atoms with E-state index in [2.05, 4.69) is 0 Å². The van der Waals surface area contributed by atoms with Gasteiger partial charge in [0.1, 0.15) is 12.2 Å². The summed E-state index contributed by atoms with van der Waals surface area (Å²) in [6, 6.07) is 14.4. The predicted octanol–water partition coefficient (Wildman–Crippen LogP) is 5.42. The summed E-state index contributed by atoms with van der Waals surface area (Å²) in [4.78, 5) is 26.7. The second-order valence-corrected chi connectivity index (χ2v) is 8.75. The van der Waals surface area contributed by atoms with Crippen molar-refractivity contribution < 1.29 is 19.4 Å². The highest BCUT2D eigenvalue weighted by molar-refractivity contribution is 6.30. The van der Waals surface area contributed by atoms with E-state index in [1.807, 2.05) is 35.2 Å². The van der Waals surface area contributed by atoms with Crippen molar-refractivity contribution in [3.05, 3.63) is 69.7 Å². The summed E-state index contributed by atoms with van der Waals surface area (Å²) < 4.78 is 6.17. The Morgan fingerprint density at radius 2 is 1.73 bits per heavy atom. The highest BCUT2D eigenvalue weighted by Crippen LogP contribution is 2.46. The number of aliphatic carboxylic acids is 1. The highest BCUT2D eigenvalue weighted by Gasteiger charge is 2.47. The van der Waals surface area contributed by atoms with Crippen LogP contribution in [0.3, 0.4) is 0 Å². The van der Waals surface area contributed by atoms with E-state index in [9.17, 15) is 14.7 Å². The van der Waals surface area contributed by atoms with Crippen molar-refractivity contribution in [2.45, 2.75) is 56.4 Å². The molecule has 0 aromatic heterocycles. The lowest BCUT2D eigenvalue weighted by Gasteiger charge is -2.47. The predicted molar refractivity (Wildman–Crippen MR) is 115 cm³/mol. The van der Waals surface area contributed by atoms with Gasteiger partial charge in [0.05, 0.1) is 12.5 Å². The quantitative estimate of drug-likeness (QED) is 0.663. The summed E-state index contributed by atoms with van der Waals surface area (Å²) in [5.41, 5.74) is 1.71. The summed E-state index contributed by atoms with van der Waals surface area (Å²) >= 11 is 12.3. The Hall–Kier alpha value is -2.08. The van der Waals surface area contributed by atoms with Crippen molar-refractivity contribution in [3.63, 3.8) is 0 Å². The van der Waals surface area contributed by atoms with Crippen molar-refractivity contribution in [1.82, 2.24) is 4.90 Å². The second kappa shape index (κ2) is 8.96. The Balaban J connectivity index is 1.83. The van der Waals surface area contributed by atoms with Gasteiger partial charge in [-0.25, -0.2) is 0 Å². The summed E-state index contributed by atoms with van der Waals surface area (Å²) in [5.74, 6) is -1.32. The maximum Gasteiger partial charge on any atom is 0.306 e. The lowest BCUT2D eigenvalue weighted by molar-refractivity contribution is -0.183. The molecular weight excluding hydrogens is 425 g/mol. The minimum absolute atomic E-state index is 0.0556. The molecule has 0 unspecified atom stereocenters. The van der Waals surface area contributed by atoms with Gasteiger partial charge in [-0.05, 0) is 48.2 Å². The molecule has 1 N–H and O–H groups in total. The summed E-state index contributed by atoms with van der Waals surface area (Å²) in [6.07, 6.45) is 1.97. The normalized spacial score (nSPS) is 24.9. The number of nitrogens with zero attached hydrogens (tertiary/aromatic N) is 1. The smallest absolute Gasteiger partial charge is 0.306 e. The lowest BCUT2D eigenvalue weighted by atomic mass is 9.89. The van der Waals surface area contributed by atoms with Crippen LogP contribution >= 0.6 is 23.2 Å². The van der Waals surface area contributed by atoms with Crippen LogP contribution in [-0.2, 0) is 14.3 Å². The minimum Gasteiger partial charge on any atom is -0.481 e. The van der Waals surface area contributed by atoms with Crippen molar-refractivity contribution >= 4 is 35.1 Å². The molecule has 0 radical (unpaired) electrons. The molecule has 2 aliphatic rings. The van der Waals surface area contributed by atoms with Crippen molar-refractivity contribution in [1.29, 1.82) is 0 Å². The lowest BCUT2D eigenvalue weighted by Crippen LogP contribution is -2.54.